The summed E-state index contributed by atoms with van der Waals surface area (Å²) in [6.45, 7) is 12.7. The minimum Gasteiger partial charge on any atom is -0.417 e. The molecular formula is C16H24Cl2O2Si. The van der Waals surface area contributed by atoms with Crippen molar-refractivity contribution in [3.05, 3.63) is 33.8 Å². The molecule has 1 unspecified atom stereocenters. The normalized spacial score (nSPS) is 22.4. The Balaban J connectivity index is 1.98. The van der Waals surface area contributed by atoms with E-state index in [2.05, 4.69) is 33.9 Å². The van der Waals surface area contributed by atoms with Crippen LogP contribution in [0.15, 0.2) is 18.2 Å². The second kappa shape index (κ2) is 5.86. The third-order valence-corrected chi connectivity index (χ3v) is 9.99. The van der Waals surface area contributed by atoms with Gasteiger partial charge in [0.05, 0.1) is 16.7 Å². The van der Waals surface area contributed by atoms with Crippen LogP contribution in [0.4, 0.5) is 0 Å². The highest BCUT2D eigenvalue weighted by Gasteiger charge is 2.47. The molecule has 1 aliphatic heterocycles. The van der Waals surface area contributed by atoms with E-state index in [0.717, 1.165) is 25.2 Å². The van der Waals surface area contributed by atoms with Crippen molar-refractivity contribution in [1.82, 2.24) is 0 Å². The smallest absolute Gasteiger partial charge is 0.191 e. The van der Waals surface area contributed by atoms with Gasteiger partial charge in [-0.15, -0.1) is 0 Å². The van der Waals surface area contributed by atoms with E-state index in [-0.39, 0.29) is 10.6 Å². The first kappa shape index (κ1) is 17.3. The Kier molecular flexibility index (Phi) is 4.82. The maximum atomic E-state index is 6.25. The van der Waals surface area contributed by atoms with Crippen LogP contribution < -0.4 is 0 Å². The summed E-state index contributed by atoms with van der Waals surface area (Å²) >= 11 is 12.1. The van der Waals surface area contributed by atoms with Crippen molar-refractivity contribution in [2.75, 3.05) is 13.2 Å². The third kappa shape index (κ3) is 3.83. The highest BCUT2D eigenvalue weighted by Crippen LogP contribution is 2.44. The van der Waals surface area contributed by atoms with Crippen molar-refractivity contribution in [2.45, 2.75) is 50.9 Å². The van der Waals surface area contributed by atoms with E-state index < -0.39 is 8.32 Å². The molecule has 1 fully saturated rings. The second-order valence-electron chi connectivity index (χ2n) is 7.27. The Bertz CT molecular complexity index is 519. The van der Waals surface area contributed by atoms with E-state index in [1.54, 1.807) is 0 Å². The van der Waals surface area contributed by atoms with Crippen molar-refractivity contribution >= 4 is 31.5 Å². The summed E-state index contributed by atoms with van der Waals surface area (Å²) in [5, 5.41) is 1.39. The maximum Gasteiger partial charge on any atom is 0.191 e. The van der Waals surface area contributed by atoms with Crippen molar-refractivity contribution in [1.29, 1.82) is 0 Å². The van der Waals surface area contributed by atoms with Crippen LogP contribution in [-0.4, -0.2) is 21.5 Å². The standard InChI is InChI=1S/C16H24Cl2O2Si/c1-15(2,3)21(4,5)20-9-8-16(11-19-16)12-6-7-13(17)14(18)10-12/h6-7,10H,8-9,11H2,1-5H3. The Hall–Kier alpha value is -0.0631. The van der Waals surface area contributed by atoms with Crippen LogP contribution in [0.2, 0.25) is 28.2 Å². The molecule has 1 aliphatic rings. The summed E-state index contributed by atoms with van der Waals surface area (Å²) in [5.41, 5.74) is 0.868. The fraction of sp³-hybridized carbons (Fsp3) is 0.625. The zero-order chi connectivity index (χ0) is 15.9. The van der Waals surface area contributed by atoms with Gasteiger partial charge in [-0.1, -0.05) is 50.0 Å². The largest absolute Gasteiger partial charge is 0.417 e. The van der Waals surface area contributed by atoms with E-state index >= 15 is 0 Å². The maximum absolute atomic E-state index is 6.25. The lowest BCUT2D eigenvalue weighted by atomic mass is 9.97. The lowest BCUT2D eigenvalue weighted by molar-refractivity contribution is 0.215. The lowest BCUT2D eigenvalue weighted by Crippen LogP contribution is -2.41. The molecular weight excluding hydrogens is 323 g/mol. The summed E-state index contributed by atoms with van der Waals surface area (Å²) in [7, 11) is -1.70. The van der Waals surface area contributed by atoms with Gasteiger partial charge in [0, 0.05) is 13.0 Å². The zero-order valence-electron chi connectivity index (χ0n) is 13.4. The molecule has 1 heterocycles. The predicted octanol–water partition coefficient (Wildman–Crippen LogP) is 5.63. The molecule has 5 heteroatoms. The topological polar surface area (TPSA) is 21.8 Å². The molecule has 0 bridgehead atoms. The quantitative estimate of drug-likeness (QED) is 0.508. The van der Waals surface area contributed by atoms with E-state index in [4.69, 9.17) is 32.4 Å². The molecule has 0 aliphatic carbocycles. The van der Waals surface area contributed by atoms with Crippen LogP contribution in [0.25, 0.3) is 0 Å². The summed E-state index contributed by atoms with van der Waals surface area (Å²) in [5.74, 6) is 0. The minimum atomic E-state index is -1.70. The molecule has 0 spiro atoms. The number of ether oxygens (including phenoxy) is 1. The Morgan fingerprint density at radius 2 is 1.86 bits per heavy atom. The van der Waals surface area contributed by atoms with Gasteiger partial charge >= 0.3 is 0 Å². The van der Waals surface area contributed by atoms with Crippen LogP contribution in [0.1, 0.15) is 32.8 Å². The van der Waals surface area contributed by atoms with Gasteiger partial charge in [-0.2, -0.15) is 0 Å². The molecule has 2 nitrogen and oxygen atoms in total. The molecule has 1 atom stereocenters. The van der Waals surface area contributed by atoms with Gasteiger partial charge in [0.1, 0.15) is 5.60 Å². The molecule has 0 N–H and O–H groups in total. The molecule has 118 valence electrons. The van der Waals surface area contributed by atoms with Gasteiger partial charge in [-0.25, -0.2) is 0 Å². The number of halogens is 2. The van der Waals surface area contributed by atoms with Gasteiger partial charge in [-0.05, 0) is 35.8 Å². The number of epoxide rings is 1. The zero-order valence-corrected chi connectivity index (χ0v) is 15.9. The molecule has 21 heavy (non-hydrogen) atoms. The molecule has 1 aromatic carbocycles. The average molecular weight is 347 g/mol. The van der Waals surface area contributed by atoms with Crippen LogP contribution in [0.3, 0.4) is 0 Å². The van der Waals surface area contributed by atoms with Gasteiger partial charge < -0.3 is 9.16 Å². The summed E-state index contributed by atoms with van der Waals surface area (Å²) in [6, 6.07) is 5.73. The van der Waals surface area contributed by atoms with Crippen LogP contribution in [0.5, 0.6) is 0 Å². The second-order valence-corrected chi connectivity index (χ2v) is 12.9. The molecule has 0 radical (unpaired) electrons. The van der Waals surface area contributed by atoms with Gasteiger partial charge in [0.25, 0.3) is 0 Å². The first-order valence-corrected chi connectivity index (χ1v) is 11.0. The number of hydrogen-bond donors (Lipinski definition) is 0. The Morgan fingerprint density at radius 3 is 2.33 bits per heavy atom. The fourth-order valence-electron chi connectivity index (χ4n) is 2.01. The molecule has 1 aromatic rings. The van der Waals surface area contributed by atoms with E-state index in [1.807, 2.05) is 18.2 Å². The summed E-state index contributed by atoms with van der Waals surface area (Å²) < 4.78 is 12.0. The van der Waals surface area contributed by atoms with Gasteiger partial charge in [-0.3, -0.25) is 0 Å². The van der Waals surface area contributed by atoms with Crippen molar-refractivity contribution in [3.63, 3.8) is 0 Å². The van der Waals surface area contributed by atoms with E-state index in [0.29, 0.717) is 10.0 Å². The molecule has 0 amide bonds. The van der Waals surface area contributed by atoms with Crippen molar-refractivity contribution in [2.24, 2.45) is 0 Å². The summed E-state index contributed by atoms with van der Waals surface area (Å²) in [6.07, 6.45) is 0.859. The van der Waals surface area contributed by atoms with E-state index in [1.165, 1.54) is 0 Å². The average Bonchev–Trinajstić information content (AvgIpc) is 3.12. The molecule has 2 rings (SSSR count). The molecule has 0 saturated carbocycles. The number of rotatable bonds is 5. The highest BCUT2D eigenvalue weighted by atomic mass is 35.5. The lowest BCUT2D eigenvalue weighted by Gasteiger charge is -2.36. The predicted molar refractivity (Wildman–Crippen MR) is 91.9 cm³/mol. The van der Waals surface area contributed by atoms with Gasteiger partial charge in [0.2, 0.25) is 0 Å². The van der Waals surface area contributed by atoms with Crippen LogP contribution >= 0.6 is 23.2 Å². The Morgan fingerprint density at radius 1 is 1.24 bits per heavy atom. The molecule has 0 aromatic heterocycles. The van der Waals surface area contributed by atoms with Crippen molar-refractivity contribution < 1.29 is 9.16 Å². The van der Waals surface area contributed by atoms with E-state index in [9.17, 15) is 0 Å². The number of hydrogen-bond acceptors (Lipinski definition) is 2. The highest BCUT2D eigenvalue weighted by molar-refractivity contribution is 6.74. The fourth-order valence-corrected chi connectivity index (χ4v) is 3.35. The van der Waals surface area contributed by atoms with Crippen LogP contribution in [-0.2, 0) is 14.8 Å². The first-order valence-electron chi connectivity index (χ1n) is 7.31. The number of benzene rings is 1. The van der Waals surface area contributed by atoms with Crippen LogP contribution in [0, 0.1) is 0 Å². The first-order chi connectivity index (χ1) is 9.57. The summed E-state index contributed by atoms with van der Waals surface area (Å²) in [4.78, 5) is 0. The third-order valence-electron chi connectivity index (χ3n) is 4.71. The monoisotopic (exact) mass is 346 g/mol. The van der Waals surface area contributed by atoms with Crippen molar-refractivity contribution in [3.8, 4) is 0 Å². The Labute approximate surface area is 138 Å². The van der Waals surface area contributed by atoms with Gasteiger partial charge in [0.15, 0.2) is 8.32 Å². The minimum absolute atomic E-state index is 0.226. The molecule has 1 saturated heterocycles. The SMILES string of the molecule is CC(C)(C)[Si](C)(C)OCCC1(c2ccc(Cl)c(Cl)c2)CO1.